The van der Waals surface area contributed by atoms with Crippen molar-refractivity contribution in [2.24, 2.45) is 5.92 Å². The third kappa shape index (κ3) is 5.31. The average Bonchev–Trinajstić information content (AvgIpc) is 3.42. The van der Waals surface area contributed by atoms with Gasteiger partial charge in [-0.25, -0.2) is 9.78 Å². The number of aromatic nitrogens is 2. The van der Waals surface area contributed by atoms with Crippen LogP contribution in [-0.4, -0.2) is 65.5 Å². The molecule has 0 bridgehead atoms. The van der Waals surface area contributed by atoms with Crippen molar-refractivity contribution in [1.29, 1.82) is 0 Å². The monoisotopic (exact) mass is 421 g/mol. The highest BCUT2D eigenvalue weighted by Crippen LogP contribution is 2.39. The Kier molecular flexibility index (Phi) is 7.71. The minimum absolute atomic E-state index is 0.197. The largest absolute Gasteiger partial charge is 0.392 e. The number of hydrogen-bond donors (Lipinski definition) is 5. The summed E-state index contributed by atoms with van der Waals surface area (Å²) in [5, 5.41) is 19.9. The Balaban J connectivity index is 1.73. The lowest BCUT2D eigenvalue weighted by molar-refractivity contribution is -0.127. The molecular formula is C21H35N5O4. The zero-order valence-corrected chi connectivity index (χ0v) is 18.1. The van der Waals surface area contributed by atoms with Crippen molar-refractivity contribution < 1.29 is 19.4 Å². The third-order valence-corrected chi connectivity index (χ3v) is 6.19. The maximum atomic E-state index is 12.7. The Bertz CT molecular complexity index is 716. The van der Waals surface area contributed by atoms with E-state index in [4.69, 9.17) is 4.74 Å². The minimum atomic E-state index is -0.926. The van der Waals surface area contributed by atoms with Crippen molar-refractivity contribution in [1.82, 2.24) is 25.9 Å². The minimum Gasteiger partial charge on any atom is -0.392 e. The first-order valence-electron chi connectivity index (χ1n) is 11.0. The number of aromatic amines is 1. The van der Waals surface area contributed by atoms with E-state index in [9.17, 15) is 14.7 Å². The van der Waals surface area contributed by atoms with Crippen LogP contribution in [0.4, 0.5) is 4.79 Å². The molecule has 5 N–H and O–H groups in total. The van der Waals surface area contributed by atoms with E-state index in [-0.39, 0.29) is 29.9 Å². The Labute approximate surface area is 177 Å². The molecule has 4 atom stereocenters. The first kappa shape index (κ1) is 22.6. The molecule has 9 nitrogen and oxygen atoms in total. The number of imidazole rings is 1. The Morgan fingerprint density at radius 2 is 2.03 bits per heavy atom. The smallest absolute Gasteiger partial charge is 0.315 e. The van der Waals surface area contributed by atoms with Crippen molar-refractivity contribution in [3.05, 3.63) is 17.7 Å². The summed E-state index contributed by atoms with van der Waals surface area (Å²) in [5.41, 5.74) is 0.740. The van der Waals surface area contributed by atoms with Crippen LogP contribution in [-0.2, 0) is 9.53 Å². The zero-order valence-electron chi connectivity index (χ0n) is 18.1. The SMILES string of the molecule is COCCNC(=O)[C@H]1C[C@@H](NC(=O)NC2CCCC2)[C@H](c2cnc(C(C)C)[nH]2)[C@@H]1O. The quantitative estimate of drug-likeness (QED) is 0.405. The second-order valence-corrected chi connectivity index (χ2v) is 8.73. The summed E-state index contributed by atoms with van der Waals surface area (Å²) in [6.07, 6.45) is 5.39. The number of aliphatic hydroxyl groups is 1. The Morgan fingerprint density at radius 3 is 2.67 bits per heavy atom. The molecule has 3 rings (SSSR count). The summed E-state index contributed by atoms with van der Waals surface area (Å²) < 4.78 is 4.98. The van der Waals surface area contributed by atoms with Gasteiger partial charge in [-0.3, -0.25) is 4.79 Å². The summed E-state index contributed by atoms with van der Waals surface area (Å²) in [7, 11) is 1.57. The van der Waals surface area contributed by atoms with Gasteiger partial charge in [-0.05, 0) is 19.3 Å². The number of nitrogens with zero attached hydrogens (tertiary/aromatic N) is 1. The van der Waals surface area contributed by atoms with Gasteiger partial charge in [0.2, 0.25) is 5.91 Å². The Hall–Kier alpha value is -2.13. The van der Waals surface area contributed by atoms with Crippen LogP contribution in [0.1, 0.15) is 69.3 Å². The van der Waals surface area contributed by atoms with E-state index in [0.717, 1.165) is 37.2 Å². The molecule has 9 heteroatoms. The van der Waals surface area contributed by atoms with Crippen LogP contribution in [0.15, 0.2) is 6.20 Å². The predicted octanol–water partition coefficient (Wildman–Crippen LogP) is 1.37. The molecule has 1 aromatic heterocycles. The summed E-state index contributed by atoms with van der Waals surface area (Å²) in [6.45, 7) is 4.85. The summed E-state index contributed by atoms with van der Waals surface area (Å²) in [6, 6.07) is -0.421. The molecule has 0 aromatic carbocycles. The molecule has 168 valence electrons. The van der Waals surface area contributed by atoms with Crippen LogP contribution in [0.2, 0.25) is 0 Å². The lowest BCUT2D eigenvalue weighted by Gasteiger charge is -2.23. The van der Waals surface area contributed by atoms with Crippen LogP contribution in [0.25, 0.3) is 0 Å². The van der Waals surface area contributed by atoms with Gasteiger partial charge in [-0.1, -0.05) is 26.7 Å². The molecule has 30 heavy (non-hydrogen) atoms. The number of aliphatic hydroxyl groups excluding tert-OH is 1. The molecular weight excluding hydrogens is 386 g/mol. The number of nitrogens with one attached hydrogen (secondary N) is 4. The molecule has 0 spiro atoms. The molecule has 1 aromatic rings. The number of methoxy groups -OCH3 is 1. The number of H-pyrrole nitrogens is 1. The molecule has 0 aliphatic heterocycles. The van der Waals surface area contributed by atoms with Gasteiger partial charge in [0.1, 0.15) is 5.82 Å². The van der Waals surface area contributed by atoms with Gasteiger partial charge in [0.25, 0.3) is 0 Å². The van der Waals surface area contributed by atoms with Gasteiger partial charge < -0.3 is 30.8 Å². The molecule has 0 radical (unpaired) electrons. The van der Waals surface area contributed by atoms with Crippen molar-refractivity contribution in [3.63, 3.8) is 0 Å². The molecule has 2 aliphatic carbocycles. The standard InChI is InChI=1S/C21H35N5O4/c1-12(2)19-23-11-16(25-19)17-15(26-21(29)24-13-6-4-5-7-13)10-14(18(17)27)20(28)22-8-9-30-3/h11-15,17-18,27H,4-10H2,1-3H3,(H,22,28)(H,23,25)(H2,24,26,29)/t14-,15+,17+,18+/m0/s1. The van der Waals surface area contributed by atoms with E-state index in [1.165, 1.54) is 0 Å². The summed E-state index contributed by atoms with van der Waals surface area (Å²) in [5.74, 6) is -0.248. The lowest BCUT2D eigenvalue weighted by Crippen LogP contribution is -2.47. The van der Waals surface area contributed by atoms with E-state index in [0.29, 0.717) is 19.6 Å². The van der Waals surface area contributed by atoms with Crippen molar-refractivity contribution >= 4 is 11.9 Å². The van der Waals surface area contributed by atoms with Gasteiger partial charge in [-0.2, -0.15) is 0 Å². The van der Waals surface area contributed by atoms with Gasteiger partial charge in [-0.15, -0.1) is 0 Å². The highest BCUT2D eigenvalue weighted by molar-refractivity contribution is 5.80. The van der Waals surface area contributed by atoms with Gasteiger partial charge in [0.15, 0.2) is 0 Å². The van der Waals surface area contributed by atoms with Crippen LogP contribution in [0.5, 0.6) is 0 Å². The third-order valence-electron chi connectivity index (χ3n) is 6.19. The second kappa shape index (κ2) is 10.3. The molecule has 2 fully saturated rings. The molecule has 1 heterocycles. The molecule has 0 unspecified atom stereocenters. The van der Waals surface area contributed by atoms with Crippen LogP contribution in [0, 0.1) is 5.92 Å². The van der Waals surface area contributed by atoms with Crippen molar-refractivity contribution in [3.8, 4) is 0 Å². The number of amides is 3. The molecule has 0 saturated heterocycles. The summed E-state index contributed by atoms with van der Waals surface area (Å²) in [4.78, 5) is 32.9. The normalized spacial score (nSPS) is 26.8. The number of ether oxygens (including phenoxy) is 1. The first-order valence-corrected chi connectivity index (χ1v) is 11.0. The van der Waals surface area contributed by atoms with E-state index < -0.39 is 17.9 Å². The van der Waals surface area contributed by atoms with E-state index in [2.05, 4.69) is 25.9 Å². The first-order chi connectivity index (χ1) is 14.4. The maximum absolute atomic E-state index is 12.7. The van der Waals surface area contributed by atoms with E-state index in [1.807, 2.05) is 13.8 Å². The average molecular weight is 422 g/mol. The highest BCUT2D eigenvalue weighted by atomic mass is 16.5. The molecule has 2 aliphatic rings. The fourth-order valence-corrected chi connectivity index (χ4v) is 4.55. The van der Waals surface area contributed by atoms with Gasteiger partial charge in [0.05, 0.1) is 18.6 Å². The number of urea groups is 1. The number of carbonyl (C=O) groups is 2. The highest BCUT2D eigenvalue weighted by Gasteiger charge is 2.48. The van der Waals surface area contributed by atoms with E-state index >= 15 is 0 Å². The van der Waals surface area contributed by atoms with Crippen LogP contribution >= 0.6 is 0 Å². The number of carbonyl (C=O) groups excluding carboxylic acids is 2. The van der Waals surface area contributed by atoms with Crippen molar-refractivity contribution in [2.75, 3.05) is 20.3 Å². The van der Waals surface area contributed by atoms with Crippen molar-refractivity contribution in [2.45, 2.75) is 76.0 Å². The van der Waals surface area contributed by atoms with Gasteiger partial charge >= 0.3 is 6.03 Å². The predicted molar refractivity (Wildman–Crippen MR) is 112 cm³/mol. The fourth-order valence-electron chi connectivity index (χ4n) is 4.55. The number of rotatable bonds is 8. The van der Waals surface area contributed by atoms with Crippen LogP contribution in [0.3, 0.4) is 0 Å². The van der Waals surface area contributed by atoms with E-state index in [1.54, 1.807) is 13.3 Å². The summed E-state index contributed by atoms with van der Waals surface area (Å²) >= 11 is 0. The number of hydrogen-bond acceptors (Lipinski definition) is 5. The van der Waals surface area contributed by atoms with Crippen LogP contribution < -0.4 is 16.0 Å². The fraction of sp³-hybridized carbons (Fsp3) is 0.762. The molecule has 3 amide bonds. The zero-order chi connectivity index (χ0) is 21.7. The molecule has 2 saturated carbocycles. The lowest BCUT2D eigenvalue weighted by atomic mass is 9.96. The second-order valence-electron chi connectivity index (χ2n) is 8.73. The topological polar surface area (TPSA) is 128 Å². The Morgan fingerprint density at radius 1 is 1.30 bits per heavy atom. The maximum Gasteiger partial charge on any atom is 0.315 e. The van der Waals surface area contributed by atoms with Gasteiger partial charge in [0, 0.05) is 49.5 Å².